The van der Waals surface area contributed by atoms with Crippen molar-refractivity contribution in [3.63, 3.8) is 0 Å². The normalized spacial score (nSPS) is 11.3. The number of nitrogens with zero attached hydrogens (tertiary/aromatic N) is 3. The van der Waals surface area contributed by atoms with Crippen LogP contribution in [-0.4, -0.2) is 36.3 Å². The van der Waals surface area contributed by atoms with Gasteiger partial charge in [0.25, 0.3) is 0 Å². The molecule has 138 valence electrons. The number of ether oxygens (including phenoxy) is 3. The predicted octanol–water partition coefficient (Wildman–Crippen LogP) is 4.38. The van der Waals surface area contributed by atoms with Gasteiger partial charge in [-0.2, -0.15) is 0 Å². The van der Waals surface area contributed by atoms with Crippen LogP contribution in [0.4, 0.5) is 0 Å². The molecule has 0 aliphatic rings. The smallest absolute Gasteiger partial charge is 0.127 e. The lowest BCUT2D eigenvalue weighted by Gasteiger charge is -2.08. The van der Waals surface area contributed by atoms with E-state index in [0.717, 1.165) is 54.6 Å². The molecule has 2 heterocycles. The Kier molecular flexibility index (Phi) is 4.63. The van der Waals surface area contributed by atoms with Gasteiger partial charge in [-0.3, -0.25) is 4.98 Å². The third-order valence-electron chi connectivity index (χ3n) is 4.32. The van der Waals surface area contributed by atoms with E-state index in [9.17, 15) is 0 Å². The summed E-state index contributed by atoms with van der Waals surface area (Å²) in [4.78, 5) is 14.1. The summed E-state index contributed by atoms with van der Waals surface area (Å²) in [5.74, 6) is 1.55. The summed E-state index contributed by atoms with van der Waals surface area (Å²) in [6.45, 7) is 2.45. The molecule has 0 bridgehead atoms. The first-order valence-corrected chi connectivity index (χ1v) is 9.22. The van der Waals surface area contributed by atoms with Crippen LogP contribution in [0.2, 0.25) is 0 Å². The van der Waals surface area contributed by atoms with Crippen molar-refractivity contribution in [3.05, 3.63) is 41.7 Å². The Morgan fingerprint density at radius 3 is 2.44 bits per heavy atom. The Bertz CT molecular complexity index is 1140. The van der Waals surface area contributed by atoms with Crippen LogP contribution >= 0.6 is 11.3 Å². The predicted molar refractivity (Wildman–Crippen MR) is 107 cm³/mol. The van der Waals surface area contributed by atoms with Crippen LogP contribution < -0.4 is 9.47 Å². The van der Waals surface area contributed by atoms with Crippen molar-refractivity contribution >= 4 is 32.6 Å². The van der Waals surface area contributed by atoms with Gasteiger partial charge in [-0.15, -0.1) is 11.3 Å². The lowest BCUT2D eigenvalue weighted by molar-refractivity contribution is 0.181. The van der Waals surface area contributed by atoms with Gasteiger partial charge in [0.15, 0.2) is 0 Å². The van der Waals surface area contributed by atoms with Gasteiger partial charge in [-0.1, -0.05) is 0 Å². The summed E-state index contributed by atoms with van der Waals surface area (Å²) in [6, 6.07) is 7.84. The van der Waals surface area contributed by atoms with E-state index in [-0.39, 0.29) is 0 Å². The maximum absolute atomic E-state index is 5.48. The first-order valence-electron chi connectivity index (χ1n) is 8.41. The van der Waals surface area contributed by atoms with Crippen molar-refractivity contribution in [1.29, 1.82) is 0 Å². The van der Waals surface area contributed by atoms with Crippen molar-refractivity contribution in [2.45, 2.75) is 13.5 Å². The molecule has 0 unspecified atom stereocenters. The van der Waals surface area contributed by atoms with Crippen LogP contribution in [-0.2, 0) is 11.3 Å². The highest BCUT2D eigenvalue weighted by Gasteiger charge is 2.16. The number of methoxy groups -OCH3 is 3. The second-order valence-electron chi connectivity index (χ2n) is 6.15. The third kappa shape index (κ3) is 3.20. The molecule has 27 heavy (non-hydrogen) atoms. The number of benzene rings is 2. The van der Waals surface area contributed by atoms with E-state index < -0.39 is 0 Å². The van der Waals surface area contributed by atoms with Gasteiger partial charge < -0.3 is 14.2 Å². The molecule has 0 N–H and O–H groups in total. The minimum absolute atomic E-state index is 0.412. The number of thiazole rings is 1. The zero-order valence-corrected chi connectivity index (χ0v) is 16.4. The molecule has 0 amide bonds. The molecular formula is C20H19N3O3S. The fourth-order valence-corrected chi connectivity index (χ4v) is 4.12. The second-order valence-corrected chi connectivity index (χ2v) is 7.18. The molecule has 0 radical (unpaired) electrons. The van der Waals surface area contributed by atoms with Crippen LogP contribution in [0.3, 0.4) is 0 Å². The van der Waals surface area contributed by atoms with Crippen LogP contribution in [0, 0.1) is 6.92 Å². The van der Waals surface area contributed by atoms with Gasteiger partial charge in [0.2, 0.25) is 0 Å². The average Bonchev–Trinajstić information content (AvgIpc) is 3.11. The van der Waals surface area contributed by atoms with Crippen LogP contribution in [0.15, 0.2) is 30.5 Å². The molecule has 0 atom stereocenters. The first kappa shape index (κ1) is 17.6. The van der Waals surface area contributed by atoms with Crippen LogP contribution in [0.1, 0.15) is 11.3 Å². The highest BCUT2D eigenvalue weighted by Crippen LogP contribution is 2.38. The molecule has 0 saturated carbocycles. The van der Waals surface area contributed by atoms with Crippen molar-refractivity contribution in [1.82, 2.24) is 15.0 Å². The number of fused-ring (bicyclic) bond motifs is 2. The molecule has 0 aliphatic carbocycles. The standard InChI is InChI=1S/C20H19N3O3S/c1-11-5-13(25-3)8-17-18(11)23-20(27-17)15-6-14(26-4)7-16-19(15)21-9-12(22-16)10-24-2/h5-9H,10H2,1-4H3. The zero-order valence-electron chi connectivity index (χ0n) is 15.6. The molecule has 4 rings (SSSR count). The van der Waals surface area contributed by atoms with E-state index in [1.165, 1.54) is 0 Å². The Morgan fingerprint density at radius 2 is 1.70 bits per heavy atom. The topological polar surface area (TPSA) is 66.4 Å². The quantitative estimate of drug-likeness (QED) is 0.511. The molecule has 2 aromatic carbocycles. The van der Waals surface area contributed by atoms with Crippen molar-refractivity contribution in [2.75, 3.05) is 21.3 Å². The van der Waals surface area contributed by atoms with E-state index in [2.05, 4.69) is 9.97 Å². The highest BCUT2D eigenvalue weighted by atomic mass is 32.1. The Balaban J connectivity index is 1.94. The molecule has 0 aliphatic heterocycles. The van der Waals surface area contributed by atoms with E-state index in [0.29, 0.717) is 6.61 Å². The van der Waals surface area contributed by atoms with Gasteiger partial charge in [-0.05, 0) is 30.7 Å². The van der Waals surface area contributed by atoms with E-state index in [1.807, 2.05) is 31.2 Å². The number of hydrogen-bond donors (Lipinski definition) is 0. The van der Waals surface area contributed by atoms with Gasteiger partial charge in [0, 0.05) is 18.7 Å². The number of rotatable bonds is 5. The molecule has 4 aromatic rings. The van der Waals surface area contributed by atoms with Gasteiger partial charge in [0.1, 0.15) is 16.5 Å². The van der Waals surface area contributed by atoms with E-state index in [1.54, 1.807) is 38.9 Å². The summed E-state index contributed by atoms with van der Waals surface area (Å²) in [5.41, 5.74) is 5.27. The lowest BCUT2D eigenvalue weighted by atomic mass is 10.1. The van der Waals surface area contributed by atoms with Gasteiger partial charge in [-0.25, -0.2) is 9.97 Å². The number of aryl methyl sites for hydroxylation is 1. The summed E-state index contributed by atoms with van der Waals surface area (Å²) in [7, 11) is 4.96. The molecule has 0 fully saturated rings. The number of aromatic nitrogens is 3. The van der Waals surface area contributed by atoms with Crippen molar-refractivity contribution in [2.24, 2.45) is 0 Å². The summed E-state index contributed by atoms with van der Waals surface area (Å²) >= 11 is 1.60. The van der Waals surface area contributed by atoms with Crippen LogP contribution in [0.25, 0.3) is 31.8 Å². The lowest BCUT2D eigenvalue weighted by Crippen LogP contribution is -1.97. The SMILES string of the molecule is COCc1cnc2c(-c3nc4c(C)cc(OC)cc4s3)cc(OC)cc2n1. The van der Waals surface area contributed by atoms with Crippen LogP contribution in [0.5, 0.6) is 11.5 Å². The number of hydrogen-bond acceptors (Lipinski definition) is 7. The van der Waals surface area contributed by atoms with Gasteiger partial charge >= 0.3 is 0 Å². The molecule has 2 aromatic heterocycles. The summed E-state index contributed by atoms with van der Waals surface area (Å²) in [6.07, 6.45) is 1.74. The van der Waals surface area contributed by atoms with Gasteiger partial charge in [0.05, 0.1) is 54.0 Å². The monoisotopic (exact) mass is 381 g/mol. The molecule has 7 heteroatoms. The molecular weight excluding hydrogens is 362 g/mol. The molecule has 0 saturated heterocycles. The Morgan fingerprint density at radius 1 is 0.926 bits per heavy atom. The summed E-state index contributed by atoms with van der Waals surface area (Å²) in [5, 5.41) is 0.874. The maximum atomic E-state index is 5.48. The fraction of sp³-hybridized carbons (Fsp3) is 0.250. The third-order valence-corrected chi connectivity index (χ3v) is 5.36. The highest BCUT2D eigenvalue weighted by molar-refractivity contribution is 7.21. The second kappa shape index (κ2) is 7.09. The van der Waals surface area contributed by atoms with Crippen molar-refractivity contribution < 1.29 is 14.2 Å². The van der Waals surface area contributed by atoms with Crippen molar-refractivity contribution in [3.8, 4) is 22.1 Å². The Labute approximate surface area is 160 Å². The molecule has 6 nitrogen and oxygen atoms in total. The van der Waals surface area contributed by atoms with E-state index in [4.69, 9.17) is 19.2 Å². The fourth-order valence-electron chi connectivity index (χ4n) is 3.03. The maximum Gasteiger partial charge on any atom is 0.127 e. The average molecular weight is 381 g/mol. The van der Waals surface area contributed by atoms with E-state index >= 15 is 0 Å². The minimum Gasteiger partial charge on any atom is -0.497 e. The summed E-state index contributed by atoms with van der Waals surface area (Å²) < 4.78 is 17.1. The zero-order chi connectivity index (χ0) is 19.0. The first-order chi connectivity index (χ1) is 13.1. The largest absolute Gasteiger partial charge is 0.497 e. The minimum atomic E-state index is 0.412. The molecule has 0 spiro atoms. The Hall–Kier alpha value is -2.77.